The zero-order chi connectivity index (χ0) is 16.1. The lowest BCUT2D eigenvalue weighted by Crippen LogP contribution is -2.11. The minimum atomic E-state index is -3.90. The van der Waals surface area contributed by atoms with E-state index in [1.807, 2.05) is 42.5 Å². The average Bonchev–Trinajstić information content (AvgIpc) is 2.62. The van der Waals surface area contributed by atoms with Crippen LogP contribution in [0.25, 0.3) is 11.1 Å². The molecule has 0 radical (unpaired) electrons. The number of anilines is 1. The molecular formula is C18H15NO3S. The fourth-order valence-corrected chi connectivity index (χ4v) is 2.94. The van der Waals surface area contributed by atoms with Crippen molar-refractivity contribution in [3.63, 3.8) is 0 Å². The van der Waals surface area contributed by atoms with Crippen LogP contribution in [0.1, 0.15) is 0 Å². The summed E-state index contributed by atoms with van der Waals surface area (Å²) < 4.78 is 29.5. The summed E-state index contributed by atoms with van der Waals surface area (Å²) in [5, 5.41) is 0. The van der Waals surface area contributed by atoms with E-state index in [9.17, 15) is 8.42 Å². The lowest BCUT2D eigenvalue weighted by atomic mass is 10.1. The molecule has 0 aliphatic carbocycles. The van der Waals surface area contributed by atoms with E-state index < -0.39 is 10.1 Å². The van der Waals surface area contributed by atoms with Crippen LogP contribution in [0, 0.1) is 0 Å². The predicted molar refractivity (Wildman–Crippen MR) is 90.2 cm³/mol. The molecule has 0 aliphatic rings. The first-order chi connectivity index (χ1) is 11.1. The molecule has 0 spiro atoms. The average molecular weight is 325 g/mol. The molecule has 0 saturated heterocycles. The van der Waals surface area contributed by atoms with Crippen molar-refractivity contribution in [1.29, 1.82) is 0 Å². The zero-order valence-corrected chi connectivity index (χ0v) is 13.0. The highest BCUT2D eigenvalue weighted by molar-refractivity contribution is 7.86. The standard InChI is InChI=1S/C18H15NO3S/c20-23(21,22-19-17-11-5-2-6-12-17)18-13-7-10-16(14-18)15-8-3-1-4-9-15/h1-14,19H. The van der Waals surface area contributed by atoms with Crippen LogP contribution >= 0.6 is 0 Å². The third-order valence-electron chi connectivity index (χ3n) is 3.27. The van der Waals surface area contributed by atoms with Gasteiger partial charge in [-0.25, -0.2) is 5.48 Å². The van der Waals surface area contributed by atoms with Gasteiger partial charge in [0.25, 0.3) is 0 Å². The van der Waals surface area contributed by atoms with E-state index in [1.54, 1.807) is 36.4 Å². The van der Waals surface area contributed by atoms with E-state index >= 15 is 0 Å². The molecule has 1 N–H and O–H groups in total. The van der Waals surface area contributed by atoms with Crippen LogP contribution in [-0.2, 0) is 14.4 Å². The molecule has 0 aromatic heterocycles. The number of hydrogen-bond acceptors (Lipinski definition) is 4. The van der Waals surface area contributed by atoms with Gasteiger partial charge in [0.2, 0.25) is 0 Å². The number of hydrogen-bond donors (Lipinski definition) is 1. The van der Waals surface area contributed by atoms with Crippen molar-refractivity contribution in [2.24, 2.45) is 0 Å². The maximum absolute atomic E-state index is 12.3. The smallest absolute Gasteiger partial charge is 0.249 e. The van der Waals surface area contributed by atoms with Crippen LogP contribution in [0.2, 0.25) is 0 Å². The summed E-state index contributed by atoms with van der Waals surface area (Å²) >= 11 is 0. The van der Waals surface area contributed by atoms with E-state index in [2.05, 4.69) is 5.48 Å². The van der Waals surface area contributed by atoms with Crippen LogP contribution in [0.4, 0.5) is 5.69 Å². The molecule has 3 rings (SSSR count). The SMILES string of the molecule is O=S(=O)(ONc1ccccc1)c1cccc(-c2ccccc2)c1. The monoisotopic (exact) mass is 325 g/mol. The third kappa shape index (κ3) is 3.77. The molecule has 0 bridgehead atoms. The first-order valence-corrected chi connectivity index (χ1v) is 8.46. The summed E-state index contributed by atoms with van der Waals surface area (Å²) in [6, 6.07) is 25.1. The first kappa shape index (κ1) is 15.3. The molecule has 0 unspecified atom stereocenters. The Morgan fingerprint density at radius 2 is 1.30 bits per heavy atom. The van der Waals surface area contributed by atoms with Crippen molar-refractivity contribution in [2.45, 2.75) is 4.90 Å². The molecule has 0 atom stereocenters. The van der Waals surface area contributed by atoms with Crippen LogP contribution < -0.4 is 5.48 Å². The highest BCUT2D eigenvalue weighted by atomic mass is 32.2. The summed E-state index contributed by atoms with van der Waals surface area (Å²) in [7, 11) is -3.90. The molecule has 0 fully saturated rings. The van der Waals surface area contributed by atoms with Crippen LogP contribution in [0.5, 0.6) is 0 Å². The molecule has 0 amide bonds. The van der Waals surface area contributed by atoms with Crippen LogP contribution in [0.3, 0.4) is 0 Å². The fourth-order valence-electron chi connectivity index (χ4n) is 2.12. The van der Waals surface area contributed by atoms with Crippen molar-refractivity contribution in [3.8, 4) is 11.1 Å². The van der Waals surface area contributed by atoms with Gasteiger partial charge in [0.05, 0.1) is 10.6 Å². The topological polar surface area (TPSA) is 55.4 Å². The van der Waals surface area contributed by atoms with E-state index in [0.717, 1.165) is 11.1 Å². The maximum Gasteiger partial charge on any atom is 0.317 e. The summed E-state index contributed by atoms with van der Waals surface area (Å²) in [6.45, 7) is 0. The second-order valence-corrected chi connectivity index (χ2v) is 6.45. The van der Waals surface area contributed by atoms with Crippen molar-refractivity contribution in [3.05, 3.63) is 84.9 Å². The molecule has 23 heavy (non-hydrogen) atoms. The molecule has 116 valence electrons. The van der Waals surface area contributed by atoms with Gasteiger partial charge >= 0.3 is 10.1 Å². The normalized spacial score (nSPS) is 11.1. The van der Waals surface area contributed by atoms with Gasteiger partial charge in [0.1, 0.15) is 0 Å². The number of rotatable bonds is 5. The zero-order valence-electron chi connectivity index (χ0n) is 12.2. The van der Waals surface area contributed by atoms with E-state index in [4.69, 9.17) is 4.28 Å². The van der Waals surface area contributed by atoms with Crippen LogP contribution in [-0.4, -0.2) is 8.42 Å². The van der Waals surface area contributed by atoms with Crippen molar-refractivity contribution < 1.29 is 12.7 Å². The fraction of sp³-hybridized carbons (Fsp3) is 0. The third-order valence-corrected chi connectivity index (χ3v) is 4.41. The molecule has 4 nitrogen and oxygen atoms in total. The van der Waals surface area contributed by atoms with Gasteiger partial charge in [-0.1, -0.05) is 60.7 Å². The van der Waals surface area contributed by atoms with E-state index in [1.165, 1.54) is 6.07 Å². The lowest BCUT2D eigenvalue weighted by Gasteiger charge is -2.09. The van der Waals surface area contributed by atoms with E-state index in [0.29, 0.717) is 5.69 Å². The summed E-state index contributed by atoms with van der Waals surface area (Å²) in [4.78, 5) is 0.0993. The van der Waals surface area contributed by atoms with Gasteiger partial charge in [0, 0.05) is 0 Å². The summed E-state index contributed by atoms with van der Waals surface area (Å²) in [5.41, 5.74) is 4.78. The van der Waals surface area contributed by atoms with Crippen molar-refractivity contribution >= 4 is 15.8 Å². The molecule has 5 heteroatoms. The number of benzene rings is 3. The van der Waals surface area contributed by atoms with Crippen LogP contribution in [0.15, 0.2) is 89.8 Å². The second kappa shape index (κ2) is 6.64. The highest BCUT2D eigenvalue weighted by Gasteiger charge is 2.16. The predicted octanol–water partition coefficient (Wildman–Crippen LogP) is 4.09. The maximum atomic E-state index is 12.3. The molecule has 3 aromatic rings. The van der Waals surface area contributed by atoms with Crippen molar-refractivity contribution in [1.82, 2.24) is 0 Å². The minimum absolute atomic E-state index is 0.0993. The Morgan fingerprint density at radius 1 is 0.696 bits per heavy atom. The lowest BCUT2D eigenvalue weighted by molar-refractivity contribution is 0.391. The quantitative estimate of drug-likeness (QED) is 0.718. The minimum Gasteiger partial charge on any atom is -0.249 e. The number of nitrogens with one attached hydrogen (secondary N) is 1. The van der Waals surface area contributed by atoms with Gasteiger partial charge in [-0.2, -0.15) is 8.42 Å². The molecule has 0 saturated carbocycles. The second-order valence-electron chi connectivity index (χ2n) is 4.90. The molecule has 0 aliphatic heterocycles. The van der Waals surface area contributed by atoms with Gasteiger partial charge in [-0.15, -0.1) is 4.28 Å². The van der Waals surface area contributed by atoms with Crippen molar-refractivity contribution in [2.75, 3.05) is 5.48 Å². The number of para-hydroxylation sites is 1. The van der Waals surface area contributed by atoms with Gasteiger partial charge in [-0.05, 0) is 35.4 Å². The van der Waals surface area contributed by atoms with E-state index in [-0.39, 0.29) is 4.90 Å². The van der Waals surface area contributed by atoms with Gasteiger partial charge in [-0.3, -0.25) is 0 Å². The molecule has 3 aromatic carbocycles. The Balaban J connectivity index is 1.83. The summed E-state index contributed by atoms with van der Waals surface area (Å²) in [6.07, 6.45) is 0. The Labute approximate surface area is 135 Å². The Hall–Kier alpha value is -2.63. The Morgan fingerprint density at radius 3 is 2.00 bits per heavy atom. The largest absolute Gasteiger partial charge is 0.317 e. The first-order valence-electron chi connectivity index (χ1n) is 7.05. The molecular weight excluding hydrogens is 310 g/mol. The molecule has 0 heterocycles. The highest BCUT2D eigenvalue weighted by Crippen LogP contribution is 2.23. The Bertz CT molecular complexity index is 878. The summed E-state index contributed by atoms with van der Waals surface area (Å²) in [5.74, 6) is 0. The Kier molecular flexibility index (Phi) is 4.41. The van der Waals surface area contributed by atoms with Gasteiger partial charge in [0.15, 0.2) is 0 Å². The van der Waals surface area contributed by atoms with Gasteiger partial charge < -0.3 is 0 Å².